The molecule has 3 rings (SSSR count). The third-order valence-electron chi connectivity index (χ3n) is 5.03. The van der Waals surface area contributed by atoms with Gasteiger partial charge in [-0.05, 0) is 49.2 Å². The van der Waals surface area contributed by atoms with Crippen molar-refractivity contribution in [3.05, 3.63) is 54.1 Å². The lowest BCUT2D eigenvalue weighted by molar-refractivity contribution is -0.126. The van der Waals surface area contributed by atoms with Crippen LogP contribution in [0.2, 0.25) is 0 Å². The maximum absolute atomic E-state index is 12.4. The van der Waals surface area contributed by atoms with Gasteiger partial charge in [-0.25, -0.2) is 0 Å². The number of nitrogens with one attached hydrogen (secondary N) is 2. The largest absolute Gasteiger partial charge is 0.484 e. The number of benzene rings is 2. The molecule has 1 aliphatic heterocycles. The van der Waals surface area contributed by atoms with Gasteiger partial charge in [-0.1, -0.05) is 31.5 Å². The van der Waals surface area contributed by atoms with Crippen LogP contribution in [0, 0.1) is 18.8 Å². The van der Waals surface area contributed by atoms with Crippen LogP contribution in [0.15, 0.2) is 48.5 Å². The number of carbonyl (C=O) groups is 3. The van der Waals surface area contributed by atoms with E-state index < -0.39 is 0 Å². The summed E-state index contributed by atoms with van der Waals surface area (Å²) in [4.78, 5) is 38.3. The zero-order chi connectivity index (χ0) is 22.4. The second-order valence-corrected chi connectivity index (χ2v) is 8.24. The normalized spacial score (nSPS) is 15.8. The Morgan fingerprint density at radius 3 is 2.42 bits per heavy atom. The summed E-state index contributed by atoms with van der Waals surface area (Å²) in [6.07, 6.45) is 0.210. The Hall–Kier alpha value is -3.35. The summed E-state index contributed by atoms with van der Waals surface area (Å²) in [6.45, 7) is 6.89. The van der Waals surface area contributed by atoms with E-state index in [2.05, 4.69) is 10.6 Å². The van der Waals surface area contributed by atoms with Crippen LogP contribution in [0.1, 0.15) is 25.8 Å². The first-order chi connectivity index (χ1) is 14.8. The van der Waals surface area contributed by atoms with Crippen molar-refractivity contribution in [2.75, 3.05) is 29.9 Å². The van der Waals surface area contributed by atoms with Gasteiger partial charge in [-0.3, -0.25) is 14.4 Å². The molecule has 2 N–H and O–H groups in total. The summed E-state index contributed by atoms with van der Waals surface area (Å²) in [6, 6.07) is 14.5. The van der Waals surface area contributed by atoms with E-state index >= 15 is 0 Å². The van der Waals surface area contributed by atoms with Crippen LogP contribution < -0.4 is 20.3 Å². The number of nitrogens with zero attached hydrogens (tertiary/aromatic N) is 1. The summed E-state index contributed by atoms with van der Waals surface area (Å²) >= 11 is 0. The Morgan fingerprint density at radius 1 is 1.10 bits per heavy atom. The quantitative estimate of drug-likeness (QED) is 0.683. The molecule has 164 valence electrons. The highest BCUT2D eigenvalue weighted by molar-refractivity contribution is 6.00. The summed E-state index contributed by atoms with van der Waals surface area (Å²) in [5.74, 6) is 0.148. The van der Waals surface area contributed by atoms with Crippen LogP contribution in [-0.2, 0) is 14.4 Å². The molecular weight excluding hydrogens is 394 g/mol. The Morgan fingerprint density at radius 2 is 1.77 bits per heavy atom. The Kier molecular flexibility index (Phi) is 7.28. The second kappa shape index (κ2) is 10.1. The minimum atomic E-state index is -0.340. The van der Waals surface area contributed by atoms with Gasteiger partial charge >= 0.3 is 0 Å². The second-order valence-electron chi connectivity index (χ2n) is 8.24. The lowest BCUT2D eigenvalue weighted by Gasteiger charge is -2.17. The van der Waals surface area contributed by atoms with Gasteiger partial charge in [0, 0.05) is 30.9 Å². The van der Waals surface area contributed by atoms with E-state index in [4.69, 9.17) is 4.74 Å². The first-order valence-corrected chi connectivity index (χ1v) is 10.5. The molecule has 1 fully saturated rings. The molecule has 0 saturated carbocycles. The van der Waals surface area contributed by atoms with Gasteiger partial charge in [0.05, 0.1) is 5.92 Å². The fraction of sp³-hybridized carbons (Fsp3) is 0.375. The number of hydrogen-bond donors (Lipinski definition) is 2. The molecule has 1 heterocycles. The van der Waals surface area contributed by atoms with Crippen molar-refractivity contribution in [2.24, 2.45) is 11.8 Å². The molecular formula is C24H29N3O4. The predicted molar refractivity (Wildman–Crippen MR) is 120 cm³/mol. The fourth-order valence-electron chi connectivity index (χ4n) is 3.29. The van der Waals surface area contributed by atoms with Crippen LogP contribution in [0.3, 0.4) is 0 Å². The molecule has 0 unspecified atom stereocenters. The highest BCUT2D eigenvalue weighted by Gasteiger charge is 2.35. The number of anilines is 2. The van der Waals surface area contributed by atoms with Gasteiger partial charge < -0.3 is 20.3 Å². The van der Waals surface area contributed by atoms with Crippen molar-refractivity contribution in [1.82, 2.24) is 5.32 Å². The first-order valence-electron chi connectivity index (χ1n) is 10.5. The highest BCUT2D eigenvalue weighted by atomic mass is 16.5. The molecule has 0 aromatic heterocycles. The van der Waals surface area contributed by atoms with Crippen molar-refractivity contribution < 1.29 is 19.1 Å². The monoisotopic (exact) mass is 423 g/mol. The molecule has 7 nitrogen and oxygen atoms in total. The first kappa shape index (κ1) is 22.3. The van der Waals surface area contributed by atoms with Gasteiger partial charge in [0.2, 0.25) is 11.8 Å². The number of carbonyl (C=O) groups excluding carboxylic acids is 3. The van der Waals surface area contributed by atoms with Gasteiger partial charge in [0.1, 0.15) is 5.75 Å². The average Bonchev–Trinajstić information content (AvgIpc) is 3.14. The maximum Gasteiger partial charge on any atom is 0.262 e. The topological polar surface area (TPSA) is 87.7 Å². The fourth-order valence-corrected chi connectivity index (χ4v) is 3.29. The Bertz CT molecular complexity index is 923. The number of hydrogen-bond acceptors (Lipinski definition) is 4. The van der Waals surface area contributed by atoms with E-state index in [1.807, 2.05) is 45.0 Å². The van der Waals surface area contributed by atoms with Crippen LogP contribution in [0.5, 0.6) is 5.75 Å². The van der Waals surface area contributed by atoms with Crippen molar-refractivity contribution >= 4 is 29.1 Å². The SMILES string of the molecule is Cc1ccc(NC(=O)COc2ccc(N3C[C@H](C(=O)NCC(C)C)CC3=O)cc2)cc1. The molecule has 3 amide bonds. The van der Waals surface area contributed by atoms with Crippen molar-refractivity contribution in [2.45, 2.75) is 27.2 Å². The molecule has 0 bridgehead atoms. The van der Waals surface area contributed by atoms with E-state index in [1.165, 1.54) is 0 Å². The van der Waals surface area contributed by atoms with Crippen molar-refractivity contribution in [3.8, 4) is 5.75 Å². The van der Waals surface area contributed by atoms with Gasteiger partial charge in [-0.15, -0.1) is 0 Å². The summed E-state index contributed by atoms with van der Waals surface area (Å²) < 4.78 is 5.54. The third kappa shape index (κ3) is 6.31. The van der Waals surface area contributed by atoms with E-state index in [-0.39, 0.29) is 36.7 Å². The minimum absolute atomic E-state index is 0.0733. The van der Waals surface area contributed by atoms with Crippen molar-refractivity contribution in [3.63, 3.8) is 0 Å². The van der Waals surface area contributed by atoms with Crippen LogP contribution in [0.4, 0.5) is 11.4 Å². The van der Waals surface area contributed by atoms with Gasteiger partial charge in [0.25, 0.3) is 5.91 Å². The molecule has 1 saturated heterocycles. The maximum atomic E-state index is 12.4. The highest BCUT2D eigenvalue weighted by Crippen LogP contribution is 2.27. The van der Waals surface area contributed by atoms with E-state index in [0.29, 0.717) is 36.1 Å². The summed E-state index contributed by atoms with van der Waals surface area (Å²) in [5, 5.41) is 5.68. The Balaban J connectivity index is 1.50. The van der Waals surface area contributed by atoms with Crippen LogP contribution in [0.25, 0.3) is 0 Å². The standard InChI is InChI=1S/C24H29N3O4/c1-16(2)13-25-24(30)18-12-23(29)27(14-18)20-8-10-21(11-9-20)31-15-22(28)26-19-6-4-17(3)5-7-19/h4-11,16,18H,12-15H2,1-3H3,(H,25,30)(H,26,28)/t18-/m1/s1. The lowest BCUT2D eigenvalue weighted by Crippen LogP contribution is -2.35. The Labute approximate surface area is 182 Å². The van der Waals surface area contributed by atoms with Crippen molar-refractivity contribution in [1.29, 1.82) is 0 Å². The van der Waals surface area contributed by atoms with Gasteiger partial charge in [0.15, 0.2) is 6.61 Å². The van der Waals surface area contributed by atoms with Gasteiger partial charge in [-0.2, -0.15) is 0 Å². The number of rotatable bonds is 8. The van der Waals surface area contributed by atoms with E-state index in [1.54, 1.807) is 29.2 Å². The minimum Gasteiger partial charge on any atom is -0.484 e. The summed E-state index contributed by atoms with van der Waals surface area (Å²) in [5.41, 5.74) is 2.54. The molecule has 0 spiro atoms. The third-order valence-corrected chi connectivity index (χ3v) is 5.03. The zero-order valence-electron chi connectivity index (χ0n) is 18.2. The lowest BCUT2D eigenvalue weighted by atomic mass is 10.1. The molecule has 2 aromatic rings. The summed E-state index contributed by atoms with van der Waals surface area (Å²) in [7, 11) is 0. The van der Waals surface area contributed by atoms with E-state index in [9.17, 15) is 14.4 Å². The molecule has 0 aliphatic carbocycles. The van der Waals surface area contributed by atoms with Crippen LogP contribution in [-0.4, -0.2) is 37.4 Å². The average molecular weight is 424 g/mol. The number of amides is 3. The molecule has 1 aliphatic rings. The smallest absolute Gasteiger partial charge is 0.262 e. The molecule has 2 aromatic carbocycles. The van der Waals surface area contributed by atoms with Crippen LogP contribution >= 0.6 is 0 Å². The molecule has 31 heavy (non-hydrogen) atoms. The zero-order valence-corrected chi connectivity index (χ0v) is 18.2. The number of aryl methyl sites for hydroxylation is 1. The molecule has 7 heteroatoms. The predicted octanol–water partition coefficient (Wildman–Crippen LogP) is 3.14. The van der Waals surface area contributed by atoms with E-state index in [0.717, 1.165) is 5.56 Å². The number of ether oxygens (including phenoxy) is 1. The molecule has 1 atom stereocenters. The molecule has 0 radical (unpaired) electrons.